The second-order valence-corrected chi connectivity index (χ2v) is 5.08. The van der Waals surface area contributed by atoms with Crippen molar-refractivity contribution in [2.24, 2.45) is 0 Å². The maximum atomic E-state index is 11.7. The van der Waals surface area contributed by atoms with Gasteiger partial charge in [0.2, 0.25) is 5.89 Å². The number of hydrogen-bond donors (Lipinski definition) is 0. The van der Waals surface area contributed by atoms with Crippen LogP contribution in [0.5, 0.6) is 0 Å². The molecule has 1 heterocycles. The van der Waals surface area contributed by atoms with Crippen molar-refractivity contribution < 1.29 is 14.1 Å². The average Bonchev–Trinajstić information content (AvgIpc) is 3.17. The molecule has 3 rings (SSSR count). The fourth-order valence-corrected chi connectivity index (χ4v) is 2.28. The molecule has 0 N–H and O–H groups in total. The van der Waals surface area contributed by atoms with E-state index in [1.165, 1.54) is 12.7 Å². The number of rotatable bonds is 5. The highest BCUT2D eigenvalue weighted by Gasteiger charge is 2.57. The molecule has 20 heavy (non-hydrogen) atoms. The number of methoxy groups -OCH3 is 1. The first-order chi connectivity index (χ1) is 9.74. The van der Waals surface area contributed by atoms with Crippen LogP contribution in [0.25, 0.3) is 0 Å². The van der Waals surface area contributed by atoms with Crippen molar-refractivity contribution in [2.75, 3.05) is 7.11 Å². The lowest BCUT2D eigenvalue weighted by molar-refractivity contribution is -0.144. The van der Waals surface area contributed by atoms with Gasteiger partial charge < -0.3 is 9.26 Å². The molecule has 0 saturated heterocycles. The molecule has 0 unspecified atom stereocenters. The fourth-order valence-electron chi connectivity index (χ4n) is 2.28. The summed E-state index contributed by atoms with van der Waals surface area (Å²) in [7, 11) is 1.38. The van der Waals surface area contributed by atoms with Crippen LogP contribution in [0, 0.1) is 0 Å². The Hall–Kier alpha value is -2.17. The topological polar surface area (TPSA) is 65.2 Å². The predicted molar refractivity (Wildman–Crippen MR) is 71.1 cm³/mol. The summed E-state index contributed by atoms with van der Waals surface area (Å²) in [4.78, 5) is 16.1. The molecular weight excluding hydrogens is 256 g/mol. The zero-order valence-corrected chi connectivity index (χ0v) is 11.3. The Bertz CT molecular complexity index is 603. The summed E-state index contributed by atoms with van der Waals surface area (Å²) < 4.78 is 10.0. The number of hydrogen-bond acceptors (Lipinski definition) is 5. The highest BCUT2D eigenvalue weighted by Crippen LogP contribution is 2.48. The van der Waals surface area contributed by atoms with Gasteiger partial charge in [0, 0.05) is 6.42 Å². The Morgan fingerprint density at radius 3 is 2.70 bits per heavy atom. The van der Waals surface area contributed by atoms with Gasteiger partial charge in [-0.05, 0) is 24.8 Å². The van der Waals surface area contributed by atoms with Crippen LogP contribution < -0.4 is 0 Å². The minimum atomic E-state index is -0.674. The van der Waals surface area contributed by atoms with Gasteiger partial charge in [-0.25, -0.2) is 0 Å². The first-order valence-corrected chi connectivity index (χ1v) is 6.70. The zero-order valence-electron chi connectivity index (χ0n) is 11.3. The molecule has 0 radical (unpaired) electrons. The Morgan fingerprint density at radius 2 is 2.05 bits per heavy atom. The van der Waals surface area contributed by atoms with Crippen LogP contribution in [0.15, 0.2) is 34.9 Å². The SMILES string of the molecule is COC(=O)C1(c2nc(CCc3ccccc3)no2)CC1. The Morgan fingerprint density at radius 1 is 1.30 bits per heavy atom. The minimum Gasteiger partial charge on any atom is -0.468 e. The molecule has 0 spiro atoms. The monoisotopic (exact) mass is 272 g/mol. The van der Waals surface area contributed by atoms with Gasteiger partial charge in [0.15, 0.2) is 5.82 Å². The number of nitrogens with zero attached hydrogens (tertiary/aromatic N) is 2. The Kier molecular flexibility index (Phi) is 3.26. The third kappa shape index (κ3) is 2.31. The molecule has 1 fully saturated rings. The summed E-state index contributed by atoms with van der Waals surface area (Å²) in [6.07, 6.45) is 3.00. The highest BCUT2D eigenvalue weighted by molar-refractivity contribution is 5.85. The number of aromatic nitrogens is 2. The van der Waals surface area contributed by atoms with Crippen LogP contribution >= 0.6 is 0 Å². The first kappa shape index (κ1) is 12.8. The minimum absolute atomic E-state index is 0.282. The Balaban J connectivity index is 1.67. The molecule has 0 bridgehead atoms. The van der Waals surface area contributed by atoms with E-state index in [0.29, 0.717) is 18.1 Å². The van der Waals surface area contributed by atoms with Gasteiger partial charge in [0.1, 0.15) is 5.41 Å². The van der Waals surface area contributed by atoms with Crippen molar-refractivity contribution >= 4 is 5.97 Å². The molecule has 5 heteroatoms. The van der Waals surface area contributed by atoms with Crippen LogP contribution in [0.4, 0.5) is 0 Å². The number of esters is 1. The third-order valence-corrected chi connectivity index (χ3v) is 3.68. The lowest BCUT2D eigenvalue weighted by Crippen LogP contribution is -2.22. The molecule has 2 aromatic rings. The largest absolute Gasteiger partial charge is 0.468 e. The van der Waals surface area contributed by atoms with E-state index in [2.05, 4.69) is 22.3 Å². The van der Waals surface area contributed by atoms with Crippen molar-refractivity contribution in [2.45, 2.75) is 31.1 Å². The smallest absolute Gasteiger partial charge is 0.321 e. The summed E-state index contributed by atoms with van der Waals surface area (Å²) >= 11 is 0. The summed E-state index contributed by atoms with van der Waals surface area (Å²) in [6.45, 7) is 0. The van der Waals surface area contributed by atoms with Crippen LogP contribution in [0.2, 0.25) is 0 Å². The maximum Gasteiger partial charge on any atom is 0.321 e. The lowest BCUT2D eigenvalue weighted by atomic mass is 10.1. The van der Waals surface area contributed by atoms with Gasteiger partial charge >= 0.3 is 5.97 Å². The van der Waals surface area contributed by atoms with E-state index in [0.717, 1.165) is 19.3 Å². The van der Waals surface area contributed by atoms with Gasteiger partial charge in [-0.15, -0.1) is 0 Å². The lowest BCUT2D eigenvalue weighted by Gasteiger charge is -2.05. The van der Waals surface area contributed by atoms with E-state index >= 15 is 0 Å². The quantitative estimate of drug-likeness (QED) is 0.779. The molecule has 0 amide bonds. The summed E-state index contributed by atoms with van der Waals surface area (Å²) in [6, 6.07) is 10.1. The first-order valence-electron chi connectivity index (χ1n) is 6.70. The molecule has 1 aliphatic rings. The summed E-state index contributed by atoms with van der Waals surface area (Å²) in [5, 5.41) is 3.96. The zero-order chi connectivity index (χ0) is 14.0. The third-order valence-electron chi connectivity index (χ3n) is 3.68. The highest BCUT2D eigenvalue weighted by atomic mass is 16.5. The summed E-state index contributed by atoms with van der Waals surface area (Å²) in [5.41, 5.74) is 0.556. The van der Waals surface area contributed by atoms with Crippen molar-refractivity contribution in [1.82, 2.24) is 10.1 Å². The molecule has 104 valence electrons. The molecule has 1 aromatic heterocycles. The number of carbonyl (C=O) groups is 1. The van der Waals surface area contributed by atoms with Crippen molar-refractivity contribution in [3.63, 3.8) is 0 Å². The van der Waals surface area contributed by atoms with E-state index in [1.54, 1.807) is 0 Å². The van der Waals surface area contributed by atoms with E-state index in [1.807, 2.05) is 18.2 Å². The van der Waals surface area contributed by atoms with E-state index in [-0.39, 0.29) is 5.97 Å². The molecule has 0 atom stereocenters. The van der Waals surface area contributed by atoms with Gasteiger partial charge in [-0.1, -0.05) is 35.5 Å². The number of ether oxygens (including phenoxy) is 1. The van der Waals surface area contributed by atoms with Crippen LogP contribution in [-0.4, -0.2) is 23.2 Å². The van der Waals surface area contributed by atoms with Gasteiger partial charge in [-0.2, -0.15) is 4.98 Å². The molecule has 5 nitrogen and oxygen atoms in total. The summed E-state index contributed by atoms with van der Waals surface area (Å²) in [5.74, 6) is 0.752. The van der Waals surface area contributed by atoms with Crippen molar-refractivity contribution in [1.29, 1.82) is 0 Å². The number of carbonyl (C=O) groups excluding carboxylic acids is 1. The predicted octanol–water partition coefficient (Wildman–Crippen LogP) is 2.06. The van der Waals surface area contributed by atoms with Gasteiger partial charge in [0.05, 0.1) is 7.11 Å². The second-order valence-electron chi connectivity index (χ2n) is 5.08. The normalized spacial score (nSPS) is 15.8. The van der Waals surface area contributed by atoms with E-state index in [4.69, 9.17) is 9.26 Å². The molecule has 1 aliphatic carbocycles. The van der Waals surface area contributed by atoms with Crippen LogP contribution in [0.1, 0.15) is 30.1 Å². The van der Waals surface area contributed by atoms with Gasteiger partial charge in [-0.3, -0.25) is 4.79 Å². The maximum absolute atomic E-state index is 11.7. The number of benzene rings is 1. The fraction of sp³-hybridized carbons (Fsp3) is 0.400. The van der Waals surface area contributed by atoms with E-state index < -0.39 is 5.41 Å². The van der Waals surface area contributed by atoms with Crippen LogP contribution in [0.3, 0.4) is 0 Å². The Labute approximate surface area is 116 Å². The standard InChI is InChI=1S/C15H16N2O3/c1-19-14(18)15(9-10-15)13-16-12(17-20-13)8-7-11-5-3-2-4-6-11/h2-6H,7-10H2,1H3. The number of aryl methyl sites for hydroxylation is 2. The van der Waals surface area contributed by atoms with E-state index in [9.17, 15) is 4.79 Å². The molecular formula is C15H16N2O3. The second kappa shape index (κ2) is 5.07. The molecule has 0 aliphatic heterocycles. The average molecular weight is 272 g/mol. The molecule has 1 aromatic carbocycles. The van der Waals surface area contributed by atoms with Crippen molar-refractivity contribution in [3.8, 4) is 0 Å². The van der Waals surface area contributed by atoms with Gasteiger partial charge in [0.25, 0.3) is 0 Å². The molecule has 1 saturated carbocycles. The van der Waals surface area contributed by atoms with Crippen molar-refractivity contribution in [3.05, 3.63) is 47.6 Å². The van der Waals surface area contributed by atoms with Crippen LogP contribution in [-0.2, 0) is 27.8 Å².